The summed E-state index contributed by atoms with van der Waals surface area (Å²) in [4.78, 5) is 17.0. The van der Waals surface area contributed by atoms with Crippen molar-refractivity contribution in [2.45, 2.75) is 25.3 Å². The molecule has 0 bridgehead atoms. The number of nitrogens with zero attached hydrogens (tertiary/aromatic N) is 2. The fourth-order valence-electron chi connectivity index (χ4n) is 2.95. The Hall–Kier alpha value is -2.69. The van der Waals surface area contributed by atoms with Crippen molar-refractivity contribution < 1.29 is 9.18 Å². The maximum Gasteiger partial charge on any atom is 0.251 e. The number of hydrogen-bond donors (Lipinski definition) is 1. The zero-order chi connectivity index (χ0) is 16.7. The van der Waals surface area contributed by atoms with E-state index in [2.05, 4.69) is 14.9 Å². The van der Waals surface area contributed by atoms with E-state index < -0.39 is 0 Å². The Morgan fingerprint density at radius 2 is 2.00 bits per heavy atom. The third-order valence-electron chi connectivity index (χ3n) is 4.49. The molecule has 1 aliphatic carbocycles. The molecule has 122 valence electrons. The van der Waals surface area contributed by atoms with Gasteiger partial charge in [0.2, 0.25) is 0 Å². The van der Waals surface area contributed by atoms with Gasteiger partial charge in [-0.1, -0.05) is 12.1 Å². The van der Waals surface area contributed by atoms with Crippen LogP contribution in [0.4, 0.5) is 4.39 Å². The molecule has 0 unspecified atom stereocenters. The van der Waals surface area contributed by atoms with Gasteiger partial charge in [0.1, 0.15) is 11.6 Å². The van der Waals surface area contributed by atoms with E-state index in [1.54, 1.807) is 12.1 Å². The van der Waals surface area contributed by atoms with Crippen molar-refractivity contribution in [3.63, 3.8) is 0 Å². The van der Waals surface area contributed by atoms with Crippen molar-refractivity contribution in [2.24, 2.45) is 7.05 Å². The van der Waals surface area contributed by atoms with Crippen LogP contribution in [0.5, 0.6) is 0 Å². The van der Waals surface area contributed by atoms with Gasteiger partial charge in [-0.15, -0.1) is 0 Å². The molecule has 0 radical (unpaired) electrons. The molecule has 0 spiro atoms. The van der Waals surface area contributed by atoms with Gasteiger partial charge < -0.3 is 9.88 Å². The van der Waals surface area contributed by atoms with Crippen molar-refractivity contribution in [1.82, 2.24) is 14.9 Å². The van der Waals surface area contributed by atoms with Gasteiger partial charge in [0, 0.05) is 25.1 Å². The minimum absolute atomic E-state index is 0.153. The van der Waals surface area contributed by atoms with Crippen molar-refractivity contribution in [3.05, 3.63) is 65.2 Å². The molecule has 1 amide bonds. The average Bonchev–Trinajstić information content (AvgIpc) is 3.38. The highest BCUT2D eigenvalue weighted by atomic mass is 19.1. The zero-order valence-corrected chi connectivity index (χ0v) is 13.4. The molecule has 3 aromatic rings. The van der Waals surface area contributed by atoms with Crippen molar-refractivity contribution >= 4 is 16.9 Å². The number of nitrogens with one attached hydrogen (secondary N) is 1. The van der Waals surface area contributed by atoms with E-state index in [4.69, 9.17) is 0 Å². The van der Waals surface area contributed by atoms with Gasteiger partial charge in [0.05, 0.1) is 11.0 Å². The predicted octanol–water partition coefficient (Wildman–Crippen LogP) is 3.52. The molecule has 1 heterocycles. The van der Waals surface area contributed by atoms with E-state index in [1.807, 2.05) is 25.2 Å². The Morgan fingerprint density at radius 1 is 1.25 bits per heavy atom. The van der Waals surface area contributed by atoms with Crippen molar-refractivity contribution in [1.29, 1.82) is 0 Å². The number of benzene rings is 2. The monoisotopic (exact) mass is 323 g/mol. The van der Waals surface area contributed by atoms with Gasteiger partial charge in [-0.25, -0.2) is 9.37 Å². The predicted molar refractivity (Wildman–Crippen MR) is 90.3 cm³/mol. The summed E-state index contributed by atoms with van der Waals surface area (Å²) in [6.07, 6.45) is 2.39. The van der Waals surface area contributed by atoms with Crippen molar-refractivity contribution in [3.8, 4) is 0 Å². The van der Waals surface area contributed by atoms with Crippen LogP contribution in [-0.2, 0) is 13.6 Å². The number of halogens is 1. The number of aryl methyl sites for hydroxylation is 1. The van der Waals surface area contributed by atoms with E-state index in [-0.39, 0.29) is 11.7 Å². The van der Waals surface area contributed by atoms with E-state index in [0.717, 1.165) is 22.4 Å². The summed E-state index contributed by atoms with van der Waals surface area (Å²) in [6.45, 7) is 0.368. The van der Waals surface area contributed by atoms with Crippen LogP contribution in [0.2, 0.25) is 0 Å². The molecule has 1 aromatic heterocycles. The number of imidazole rings is 1. The van der Waals surface area contributed by atoms with Crippen LogP contribution in [0.1, 0.15) is 40.5 Å². The van der Waals surface area contributed by atoms with E-state index >= 15 is 0 Å². The number of aromatic nitrogens is 2. The molecule has 0 aliphatic heterocycles. The van der Waals surface area contributed by atoms with Gasteiger partial charge in [0.15, 0.2) is 0 Å². The molecule has 0 saturated heterocycles. The largest absolute Gasteiger partial charge is 0.348 e. The summed E-state index contributed by atoms with van der Waals surface area (Å²) >= 11 is 0. The number of carbonyl (C=O) groups is 1. The molecule has 1 saturated carbocycles. The first-order valence-corrected chi connectivity index (χ1v) is 8.11. The van der Waals surface area contributed by atoms with Gasteiger partial charge >= 0.3 is 0 Å². The van der Waals surface area contributed by atoms with Gasteiger partial charge in [-0.05, 0) is 48.7 Å². The van der Waals surface area contributed by atoms with Gasteiger partial charge in [0.25, 0.3) is 5.91 Å². The third kappa shape index (κ3) is 2.77. The van der Waals surface area contributed by atoms with Crippen LogP contribution in [0.3, 0.4) is 0 Å². The molecular formula is C19H18FN3O. The highest BCUT2D eigenvalue weighted by molar-refractivity contribution is 5.97. The molecule has 2 aromatic carbocycles. The first kappa shape index (κ1) is 14.9. The second-order valence-corrected chi connectivity index (χ2v) is 6.32. The lowest BCUT2D eigenvalue weighted by Crippen LogP contribution is -2.22. The number of rotatable bonds is 4. The normalized spacial score (nSPS) is 14.1. The summed E-state index contributed by atoms with van der Waals surface area (Å²) < 4.78 is 15.0. The van der Waals surface area contributed by atoms with E-state index in [9.17, 15) is 9.18 Å². The number of carbonyl (C=O) groups excluding carboxylic acids is 1. The molecule has 1 N–H and O–H groups in total. The first-order valence-electron chi connectivity index (χ1n) is 8.11. The molecule has 1 fully saturated rings. The standard InChI is InChI=1S/C19H18FN3O/c1-23-17-9-6-14(10-16(17)22-18(23)13-4-5-13)19(24)21-11-12-2-7-15(20)8-3-12/h2-3,6-10,13H,4-5,11H2,1H3,(H,21,24). The summed E-state index contributed by atoms with van der Waals surface area (Å²) in [6, 6.07) is 11.7. The zero-order valence-electron chi connectivity index (χ0n) is 13.4. The molecule has 0 atom stereocenters. The quantitative estimate of drug-likeness (QED) is 0.798. The molecule has 1 aliphatic rings. The summed E-state index contributed by atoms with van der Waals surface area (Å²) in [7, 11) is 2.03. The highest BCUT2D eigenvalue weighted by Gasteiger charge is 2.28. The summed E-state index contributed by atoms with van der Waals surface area (Å²) in [5.74, 6) is 1.24. The number of hydrogen-bond acceptors (Lipinski definition) is 2. The van der Waals surface area contributed by atoms with Crippen LogP contribution in [-0.4, -0.2) is 15.5 Å². The second-order valence-electron chi connectivity index (χ2n) is 6.32. The lowest BCUT2D eigenvalue weighted by atomic mass is 10.1. The van der Waals surface area contributed by atoms with Crippen LogP contribution < -0.4 is 5.32 Å². The highest BCUT2D eigenvalue weighted by Crippen LogP contribution is 2.40. The SMILES string of the molecule is Cn1c(C2CC2)nc2cc(C(=O)NCc3ccc(F)cc3)ccc21. The fraction of sp³-hybridized carbons (Fsp3) is 0.263. The van der Waals surface area contributed by atoms with Crippen LogP contribution in [0.15, 0.2) is 42.5 Å². The molecule has 5 heteroatoms. The molecule has 24 heavy (non-hydrogen) atoms. The smallest absolute Gasteiger partial charge is 0.251 e. The van der Waals surface area contributed by atoms with Gasteiger partial charge in [-0.2, -0.15) is 0 Å². The Kier molecular flexibility index (Phi) is 3.56. The Balaban J connectivity index is 1.52. The van der Waals surface area contributed by atoms with E-state index in [0.29, 0.717) is 18.0 Å². The minimum atomic E-state index is -0.280. The van der Waals surface area contributed by atoms with Crippen LogP contribution in [0.25, 0.3) is 11.0 Å². The minimum Gasteiger partial charge on any atom is -0.348 e. The second kappa shape index (κ2) is 5.74. The topological polar surface area (TPSA) is 46.9 Å². The maximum absolute atomic E-state index is 12.9. The summed E-state index contributed by atoms with van der Waals surface area (Å²) in [5, 5.41) is 2.86. The third-order valence-corrected chi connectivity index (χ3v) is 4.49. The average molecular weight is 323 g/mol. The lowest BCUT2D eigenvalue weighted by Gasteiger charge is -2.06. The Morgan fingerprint density at radius 3 is 2.71 bits per heavy atom. The molecule has 4 rings (SSSR count). The Labute approximate surface area is 139 Å². The maximum atomic E-state index is 12.9. The first-order chi connectivity index (χ1) is 11.6. The number of amides is 1. The van der Waals surface area contributed by atoms with Crippen LogP contribution in [0, 0.1) is 5.82 Å². The van der Waals surface area contributed by atoms with E-state index in [1.165, 1.54) is 25.0 Å². The van der Waals surface area contributed by atoms with Crippen LogP contribution >= 0.6 is 0 Å². The van der Waals surface area contributed by atoms with Crippen molar-refractivity contribution in [2.75, 3.05) is 0 Å². The molecular weight excluding hydrogens is 305 g/mol. The summed E-state index contributed by atoms with van der Waals surface area (Å²) in [5.41, 5.74) is 3.35. The molecule has 4 nitrogen and oxygen atoms in total. The van der Waals surface area contributed by atoms with Gasteiger partial charge in [-0.3, -0.25) is 4.79 Å². The lowest BCUT2D eigenvalue weighted by molar-refractivity contribution is 0.0951. The number of fused-ring (bicyclic) bond motifs is 1. The Bertz CT molecular complexity index is 910. The fourth-order valence-corrected chi connectivity index (χ4v) is 2.95.